The molecule has 0 saturated heterocycles. The number of hydrogen-bond acceptors (Lipinski definition) is 5. The maximum absolute atomic E-state index is 5.84. The van der Waals surface area contributed by atoms with Crippen LogP contribution in [0.15, 0.2) is 0 Å². The molecule has 0 atom stereocenters. The number of anilines is 2. The van der Waals surface area contributed by atoms with Gasteiger partial charge in [0.15, 0.2) is 5.82 Å². The summed E-state index contributed by atoms with van der Waals surface area (Å²) >= 11 is 0. The molecule has 84 valence electrons. The van der Waals surface area contributed by atoms with Crippen molar-refractivity contribution < 1.29 is 4.74 Å². The van der Waals surface area contributed by atoms with Gasteiger partial charge in [-0.25, -0.2) is 4.98 Å². The van der Waals surface area contributed by atoms with Gasteiger partial charge in [0.05, 0.1) is 6.61 Å². The molecule has 0 spiro atoms. The molecule has 1 aromatic rings. The number of ether oxygens (including phenoxy) is 1. The summed E-state index contributed by atoms with van der Waals surface area (Å²) in [6, 6.07) is 0. The quantitative estimate of drug-likeness (QED) is 0.790. The molecule has 0 bridgehead atoms. The lowest BCUT2D eigenvalue weighted by Gasteiger charge is -2.13. The van der Waals surface area contributed by atoms with Crippen LogP contribution >= 0.6 is 0 Å². The number of hydrogen-bond donors (Lipinski definition) is 2. The summed E-state index contributed by atoms with van der Waals surface area (Å²) in [5.41, 5.74) is 6.30. The van der Waals surface area contributed by atoms with Crippen molar-refractivity contribution >= 4 is 11.5 Å². The van der Waals surface area contributed by atoms with Gasteiger partial charge >= 0.3 is 0 Å². The molecule has 0 radical (unpaired) electrons. The molecular formula is C10H18N4O. The lowest BCUT2D eigenvalue weighted by atomic mass is 10.2. The number of nitrogens with two attached hydrogens (primary N) is 1. The average Bonchev–Trinajstić information content (AvgIpc) is 2.21. The molecule has 0 amide bonds. The van der Waals surface area contributed by atoms with Gasteiger partial charge in [-0.15, -0.1) is 0 Å². The minimum absolute atomic E-state index is 0.247. The summed E-state index contributed by atoms with van der Waals surface area (Å²) in [5, 5.41) is 2.93. The molecule has 0 saturated carbocycles. The molecular weight excluding hydrogens is 192 g/mol. The third kappa shape index (κ3) is 2.49. The Hall–Kier alpha value is -1.52. The van der Waals surface area contributed by atoms with Crippen molar-refractivity contribution in [3.05, 3.63) is 5.82 Å². The Kier molecular flexibility index (Phi) is 3.71. The minimum atomic E-state index is 0.247. The third-order valence-electron chi connectivity index (χ3n) is 1.96. The molecule has 0 aliphatic heterocycles. The molecule has 1 rings (SSSR count). The molecule has 3 N–H and O–H groups in total. The fourth-order valence-electron chi connectivity index (χ4n) is 1.16. The third-order valence-corrected chi connectivity index (χ3v) is 1.96. The molecule has 0 aromatic carbocycles. The Morgan fingerprint density at radius 1 is 1.40 bits per heavy atom. The van der Waals surface area contributed by atoms with Crippen molar-refractivity contribution in [1.29, 1.82) is 0 Å². The Morgan fingerprint density at radius 3 is 2.53 bits per heavy atom. The highest BCUT2D eigenvalue weighted by Crippen LogP contribution is 2.27. The molecule has 1 heterocycles. The van der Waals surface area contributed by atoms with E-state index in [9.17, 15) is 0 Å². The molecule has 15 heavy (non-hydrogen) atoms. The molecule has 0 fully saturated rings. The fourth-order valence-corrected chi connectivity index (χ4v) is 1.16. The molecule has 5 nitrogen and oxygen atoms in total. The SMILES string of the molecule is CCOc1nc(C(C)C)nc(NC)c1N. The predicted octanol–water partition coefficient (Wildman–Crippen LogP) is 1.62. The van der Waals surface area contributed by atoms with Crippen LogP contribution < -0.4 is 15.8 Å². The van der Waals surface area contributed by atoms with E-state index in [1.165, 1.54) is 0 Å². The molecule has 5 heteroatoms. The van der Waals surface area contributed by atoms with E-state index in [2.05, 4.69) is 15.3 Å². The second kappa shape index (κ2) is 4.82. The normalized spacial score (nSPS) is 10.5. The van der Waals surface area contributed by atoms with Gasteiger partial charge < -0.3 is 15.8 Å². The summed E-state index contributed by atoms with van der Waals surface area (Å²) in [6.07, 6.45) is 0. The van der Waals surface area contributed by atoms with Gasteiger partial charge in [-0.2, -0.15) is 4.98 Å². The molecule has 1 aromatic heterocycles. The van der Waals surface area contributed by atoms with E-state index < -0.39 is 0 Å². The predicted molar refractivity (Wildman–Crippen MR) is 61.2 cm³/mol. The van der Waals surface area contributed by atoms with Crippen LogP contribution in [-0.2, 0) is 0 Å². The van der Waals surface area contributed by atoms with E-state index in [0.717, 1.165) is 5.82 Å². The smallest absolute Gasteiger partial charge is 0.242 e. The van der Waals surface area contributed by atoms with Gasteiger partial charge in [-0.3, -0.25) is 0 Å². The second-order valence-electron chi connectivity index (χ2n) is 3.49. The largest absolute Gasteiger partial charge is 0.476 e. The van der Waals surface area contributed by atoms with E-state index >= 15 is 0 Å². The average molecular weight is 210 g/mol. The van der Waals surface area contributed by atoms with E-state index in [1.807, 2.05) is 20.8 Å². The van der Waals surface area contributed by atoms with E-state index in [4.69, 9.17) is 10.5 Å². The fraction of sp³-hybridized carbons (Fsp3) is 0.600. The zero-order valence-electron chi connectivity index (χ0n) is 9.66. The van der Waals surface area contributed by atoms with Crippen LogP contribution in [0.5, 0.6) is 5.88 Å². The zero-order chi connectivity index (χ0) is 11.4. The Balaban J connectivity index is 3.19. The first-order valence-electron chi connectivity index (χ1n) is 5.08. The topological polar surface area (TPSA) is 73.1 Å². The van der Waals surface area contributed by atoms with Crippen molar-refractivity contribution in [1.82, 2.24) is 9.97 Å². The van der Waals surface area contributed by atoms with Crippen molar-refractivity contribution in [2.45, 2.75) is 26.7 Å². The van der Waals surface area contributed by atoms with Crippen LogP contribution in [0.1, 0.15) is 32.5 Å². The number of nitrogens with one attached hydrogen (secondary N) is 1. The highest BCUT2D eigenvalue weighted by atomic mass is 16.5. The maximum atomic E-state index is 5.84. The second-order valence-corrected chi connectivity index (χ2v) is 3.49. The zero-order valence-corrected chi connectivity index (χ0v) is 9.66. The van der Waals surface area contributed by atoms with Crippen LogP contribution in [-0.4, -0.2) is 23.6 Å². The molecule has 0 aliphatic rings. The van der Waals surface area contributed by atoms with Crippen LogP contribution in [0.25, 0.3) is 0 Å². The van der Waals surface area contributed by atoms with Gasteiger partial charge in [0.1, 0.15) is 11.5 Å². The molecule has 0 unspecified atom stereocenters. The Morgan fingerprint density at radius 2 is 2.07 bits per heavy atom. The highest BCUT2D eigenvalue weighted by molar-refractivity contribution is 5.66. The number of rotatable bonds is 4. The van der Waals surface area contributed by atoms with Gasteiger partial charge in [0.25, 0.3) is 0 Å². The van der Waals surface area contributed by atoms with Gasteiger partial charge in [0, 0.05) is 13.0 Å². The number of nitrogen functional groups attached to an aromatic ring is 1. The van der Waals surface area contributed by atoms with E-state index in [1.54, 1.807) is 7.05 Å². The standard InChI is InChI=1S/C10H18N4O/c1-5-15-10-7(11)9(12-4)13-8(14-10)6(2)3/h6H,5,11H2,1-4H3,(H,12,13,14). The van der Waals surface area contributed by atoms with Crippen LogP contribution in [0.3, 0.4) is 0 Å². The Labute approximate surface area is 90.1 Å². The van der Waals surface area contributed by atoms with Crippen molar-refractivity contribution in [2.24, 2.45) is 0 Å². The van der Waals surface area contributed by atoms with Gasteiger partial charge in [-0.1, -0.05) is 13.8 Å². The Bertz CT molecular complexity index is 338. The van der Waals surface area contributed by atoms with Gasteiger partial charge in [-0.05, 0) is 6.92 Å². The van der Waals surface area contributed by atoms with Crippen LogP contribution in [0.2, 0.25) is 0 Å². The minimum Gasteiger partial charge on any atom is -0.476 e. The first-order valence-corrected chi connectivity index (χ1v) is 5.08. The van der Waals surface area contributed by atoms with Crippen LogP contribution in [0, 0.1) is 0 Å². The number of nitrogens with zero attached hydrogens (tertiary/aromatic N) is 2. The monoisotopic (exact) mass is 210 g/mol. The van der Waals surface area contributed by atoms with Crippen molar-refractivity contribution in [3.8, 4) is 5.88 Å². The van der Waals surface area contributed by atoms with E-state index in [0.29, 0.717) is 24.0 Å². The number of aromatic nitrogens is 2. The highest BCUT2D eigenvalue weighted by Gasteiger charge is 2.13. The summed E-state index contributed by atoms with van der Waals surface area (Å²) in [4.78, 5) is 8.58. The summed E-state index contributed by atoms with van der Waals surface area (Å²) < 4.78 is 5.35. The van der Waals surface area contributed by atoms with Crippen molar-refractivity contribution in [3.63, 3.8) is 0 Å². The van der Waals surface area contributed by atoms with Gasteiger partial charge in [0.2, 0.25) is 5.88 Å². The maximum Gasteiger partial charge on any atom is 0.242 e. The lowest BCUT2D eigenvalue weighted by Crippen LogP contribution is -2.09. The first-order chi connectivity index (χ1) is 7.10. The molecule has 0 aliphatic carbocycles. The summed E-state index contributed by atoms with van der Waals surface area (Å²) in [6.45, 7) is 6.50. The summed E-state index contributed by atoms with van der Waals surface area (Å²) in [5.74, 6) is 2.06. The van der Waals surface area contributed by atoms with E-state index in [-0.39, 0.29) is 5.92 Å². The summed E-state index contributed by atoms with van der Waals surface area (Å²) in [7, 11) is 1.78. The van der Waals surface area contributed by atoms with Crippen molar-refractivity contribution in [2.75, 3.05) is 24.7 Å². The van der Waals surface area contributed by atoms with Crippen LogP contribution in [0.4, 0.5) is 11.5 Å². The lowest BCUT2D eigenvalue weighted by molar-refractivity contribution is 0.326. The first kappa shape index (κ1) is 11.6.